The first kappa shape index (κ1) is 29.8. The molecule has 7 nitrogen and oxygen atoms in total. The minimum absolute atomic E-state index is 0.622. The topological polar surface area (TPSA) is 76.2 Å². The number of para-hydroxylation sites is 6. The molecular weight excluding hydrogens is 679 g/mol. The highest BCUT2D eigenvalue weighted by Gasteiger charge is 2.54. The third-order valence-corrected chi connectivity index (χ3v) is 11.3. The average molecular weight is 706 g/mol. The van der Waals surface area contributed by atoms with Crippen molar-refractivity contribution < 1.29 is 9.47 Å². The number of nitriles is 1. The van der Waals surface area contributed by atoms with Gasteiger partial charge >= 0.3 is 0 Å². The van der Waals surface area contributed by atoms with Gasteiger partial charge in [-0.3, -0.25) is 9.97 Å². The van der Waals surface area contributed by atoms with Crippen LogP contribution in [-0.2, 0) is 5.41 Å². The first-order valence-corrected chi connectivity index (χ1v) is 18.2. The molecule has 0 amide bonds. The maximum atomic E-state index is 9.82. The minimum Gasteiger partial charge on any atom is -0.457 e. The number of hydrogen-bond donors (Lipinski definition) is 0. The van der Waals surface area contributed by atoms with Crippen LogP contribution in [0.5, 0.6) is 23.0 Å². The molecule has 6 aromatic carbocycles. The number of aromatic nitrogens is 3. The van der Waals surface area contributed by atoms with E-state index in [0.717, 1.165) is 101 Å². The van der Waals surface area contributed by atoms with Crippen molar-refractivity contribution in [2.75, 3.05) is 4.90 Å². The molecule has 1 aliphatic carbocycles. The van der Waals surface area contributed by atoms with Gasteiger partial charge < -0.3 is 18.9 Å². The Bertz CT molecular complexity index is 3110. The van der Waals surface area contributed by atoms with Gasteiger partial charge in [-0.2, -0.15) is 5.26 Å². The van der Waals surface area contributed by atoms with Gasteiger partial charge in [-0.05, 0) is 84.4 Å². The number of benzene rings is 6. The molecule has 55 heavy (non-hydrogen) atoms. The number of rotatable bonds is 2. The van der Waals surface area contributed by atoms with Crippen LogP contribution < -0.4 is 14.4 Å². The predicted molar refractivity (Wildman–Crippen MR) is 213 cm³/mol. The van der Waals surface area contributed by atoms with E-state index in [9.17, 15) is 5.26 Å². The average Bonchev–Trinajstić information content (AvgIpc) is 3.72. The molecule has 0 saturated heterocycles. The van der Waals surface area contributed by atoms with Crippen LogP contribution in [0.15, 0.2) is 164 Å². The van der Waals surface area contributed by atoms with Crippen LogP contribution in [0.1, 0.15) is 27.8 Å². The summed E-state index contributed by atoms with van der Waals surface area (Å²) in [6, 6.07) is 54.1. The quantitative estimate of drug-likeness (QED) is 0.178. The summed E-state index contributed by atoms with van der Waals surface area (Å²) in [4.78, 5) is 12.7. The lowest BCUT2D eigenvalue weighted by Gasteiger charge is -2.43. The van der Waals surface area contributed by atoms with Crippen LogP contribution in [0.25, 0.3) is 38.9 Å². The van der Waals surface area contributed by atoms with Crippen molar-refractivity contribution in [1.82, 2.24) is 14.5 Å². The number of hydrogen-bond acceptors (Lipinski definition) is 6. The molecule has 3 aromatic heterocycles. The van der Waals surface area contributed by atoms with Crippen molar-refractivity contribution >= 4 is 38.9 Å². The van der Waals surface area contributed by atoms with Crippen molar-refractivity contribution in [2.24, 2.45) is 0 Å². The summed E-state index contributed by atoms with van der Waals surface area (Å²) < 4.78 is 15.7. The molecule has 1 atom stereocenters. The highest BCUT2D eigenvalue weighted by molar-refractivity contribution is 6.09. The van der Waals surface area contributed by atoms with Crippen LogP contribution in [0.3, 0.4) is 0 Å². The third kappa shape index (κ3) is 3.87. The van der Waals surface area contributed by atoms with E-state index in [4.69, 9.17) is 19.4 Å². The third-order valence-electron chi connectivity index (χ3n) is 11.3. The number of pyridine rings is 2. The van der Waals surface area contributed by atoms with E-state index in [0.29, 0.717) is 5.56 Å². The Morgan fingerprint density at radius 3 is 2.02 bits per heavy atom. The normalized spacial score (nSPS) is 15.6. The zero-order valence-corrected chi connectivity index (χ0v) is 29.1. The summed E-state index contributed by atoms with van der Waals surface area (Å²) >= 11 is 0. The lowest BCUT2D eigenvalue weighted by molar-refractivity contribution is 0.436. The van der Waals surface area contributed by atoms with Crippen molar-refractivity contribution in [3.63, 3.8) is 0 Å². The van der Waals surface area contributed by atoms with Gasteiger partial charge in [-0.1, -0.05) is 72.8 Å². The van der Waals surface area contributed by atoms with Gasteiger partial charge in [0.25, 0.3) is 0 Å². The van der Waals surface area contributed by atoms with Crippen molar-refractivity contribution in [3.05, 3.63) is 192 Å². The number of nitrogens with zero attached hydrogens (tertiary/aromatic N) is 5. The molecule has 0 saturated carbocycles. The number of anilines is 3. The first-order valence-electron chi connectivity index (χ1n) is 18.2. The van der Waals surface area contributed by atoms with Gasteiger partial charge in [-0.15, -0.1) is 0 Å². The van der Waals surface area contributed by atoms with E-state index >= 15 is 0 Å². The molecule has 0 fully saturated rings. The largest absolute Gasteiger partial charge is 0.457 e. The SMILES string of the molecule is N#Cc1ccc2c(c1)c1ccccc1n2-c1cnc2c(c1)C1(c3ccccc3Oc3cccc(N4c5ccccc5Oc5ccccc54)c31)c1cccnc1-2. The number of fused-ring (bicyclic) bond motifs is 14. The molecule has 1 spiro atoms. The van der Waals surface area contributed by atoms with E-state index in [1.165, 1.54) is 0 Å². The zero-order valence-electron chi connectivity index (χ0n) is 29.1. The lowest BCUT2D eigenvalue weighted by Crippen LogP contribution is -2.34. The van der Waals surface area contributed by atoms with E-state index in [2.05, 4.69) is 94.4 Å². The molecule has 3 aliphatic rings. The molecular formula is C48H27N5O2. The Hall–Kier alpha value is -7.69. The van der Waals surface area contributed by atoms with Gasteiger partial charge in [-0.25, -0.2) is 0 Å². The fraction of sp³-hybridized carbons (Fsp3) is 0.0208. The van der Waals surface area contributed by atoms with E-state index in [-0.39, 0.29) is 0 Å². The number of ether oxygens (including phenoxy) is 2. The Morgan fingerprint density at radius 2 is 1.18 bits per heavy atom. The molecule has 0 radical (unpaired) electrons. The molecule has 5 heterocycles. The molecule has 0 N–H and O–H groups in total. The second-order valence-corrected chi connectivity index (χ2v) is 14.1. The second kappa shape index (κ2) is 10.9. The smallest absolute Gasteiger partial charge is 0.151 e. The first-order chi connectivity index (χ1) is 27.2. The van der Waals surface area contributed by atoms with Crippen LogP contribution in [0, 0.1) is 11.3 Å². The Labute approximate surface area is 315 Å². The molecule has 12 rings (SSSR count). The predicted octanol–water partition coefficient (Wildman–Crippen LogP) is 11.5. The van der Waals surface area contributed by atoms with Crippen molar-refractivity contribution in [1.29, 1.82) is 5.26 Å². The van der Waals surface area contributed by atoms with Crippen LogP contribution in [0.2, 0.25) is 0 Å². The summed E-state index contributed by atoms with van der Waals surface area (Å²) in [5.41, 5.74) is 11.2. The van der Waals surface area contributed by atoms with Crippen molar-refractivity contribution in [3.8, 4) is 46.1 Å². The Balaban J connectivity index is 1.21. The van der Waals surface area contributed by atoms with E-state index < -0.39 is 5.41 Å². The Morgan fingerprint density at radius 1 is 0.527 bits per heavy atom. The van der Waals surface area contributed by atoms with E-state index in [1.54, 1.807) is 0 Å². The monoisotopic (exact) mass is 705 g/mol. The molecule has 256 valence electrons. The maximum Gasteiger partial charge on any atom is 0.151 e. The summed E-state index contributed by atoms with van der Waals surface area (Å²) in [5, 5.41) is 11.9. The van der Waals surface area contributed by atoms with Gasteiger partial charge in [0.15, 0.2) is 11.5 Å². The molecule has 2 aliphatic heterocycles. The minimum atomic E-state index is -0.877. The molecule has 0 bridgehead atoms. The van der Waals surface area contributed by atoms with E-state index in [1.807, 2.05) is 85.2 Å². The summed E-state index contributed by atoms with van der Waals surface area (Å²) in [6.07, 6.45) is 3.80. The second-order valence-electron chi connectivity index (χ2n) is 14.1. The van der Waals surface area contributed by atoms with Crippen LogP contribution >= 0.6 is 0 Å². The van der Waals surface area contributed by atoms with Gasteiger partial charge in [0.05, 0.1) is 68.4 Å². The zero-order chi connectivity index (χ0) is 36.3. The summed E-state index contributed by atoms with van der Waals surface area (Å²) in [6.45, 7) is 0. The van der Waals surface area contributed by atoms with Crippen molar-refractivity contribution in [2.45, 2.75) is 5.41 Å². The fourth-order valence-electron chi connectivity index (χ4n) is 9.22. The van der Waals surface area contributed by atoms with Gasteiger partial charge in [0, 0.05) is 33.7 Å². The molecule has 9 aromatic rings. The summed E-state index contributed by atoms with van der Waals surface area (Å²) in [7, 11) is 0. The van der Waals surface area contributed by atoms with Crippen LogP contribution in [-0.4, -0.2) is 14.5 Å². The highest BCUT2D eigenvalue weighted by atomic mass is 16.5. The summed E-state index contributed by atoms with van der Waals surface area (Å²) in [5.74, 6) is 3.08. The standard InChI is InChI=1S/C48H27N5O2/c49-27-29-22-23-37-32(25-29)31-11-1-3-14-36(31)52(37)30-26-35-47(51-28-30)46-34(13-10-24-50-46)48(35)33-12-2-6-18-41(33)54-44-21-9-17-40(45(44)48)53-38-15-4-7-19-42(38)55-43-20-8-5-16-39(43)53/h1-26,28H. The lowest BCUT2D eigenvalue weighted by atomic mass is 9.65. The highest BCUT2D eigenvalue weighted by Crippen LogP contribution is 2.65. The maximum absolute atomic E-state index is 9.82. The molecule has 7 heteroatoms. The van der Waals surface area contributed by atoms with Gasteiger partial charge in [0.1, 0.15) is 11.5 Å². The fourth-order valence-corrected chi connectivity index (χ4v) is 9.22. The van der Waals surface area contributed by atoms with Crippen LogP contribution in [0.4, 0.5) is 17.1 Å². The molecule has 1 unspecified atom stereocenters. The Kier molecular flexibility index (Phi) is 5.92. The van der Waals surface area contributed by atoms with Gasteiger partial charge in [0.2, 0.25) is 0 Å².